The van der Waals surface area contributed by atoms with Crippen molar-refractivity contribution in [2.24, 2.45) is 16.8 Å². The molecule has 21 heavy (non-hydrogen) atoms. The minimum Gasteiger partial charge on any atom is -0.492 e. The first-order valence-corrected chi connectivity index (χ1v) is 7.24. The molecule has 2 atom stereocenters. The number of nitrogens with one attached hydrogen (secondary N) is 1. The van der Waals surface area contributed by atoms with E-state index in [1.807, 2.05) is 0 Å². The molecule has 1 saturated heterocycles. The van der Waals surface area contributed by atoms with Crippen LogP contribution in [0.2, 0.25) is 0 Å². The Morgan fingerprint density at radius 1 is 1.48 bits per heavy atom. The molecule has 1 aliphatic heterocycles. The van der Waals surface area contributed by atoms with Crippen LogP contribution in [-0.4, -0.2) is 43.5 Å². The summed E-state index contributed by atoms with van der Waals surface area (Å²) in [6.45, 7) is 5.36. The Hall–Kier alpha value is -1.79. The van der Waals surface area contributed by atoms with Gasteiger partial charge in [-0.1, -0.05) is 5.16 Å². The third kappa shape index (κ3) is 4.61. The predicted octanol–water partition coefficient (Wildman–Crippen LogP) is 1.17. The Morgan fingerprint density at radius 3 is 2.86 bits per heavy atom. The first kappa shape index (κ1) is 15.6. The van der Waals surface area contributed by atoms with Crippen molar-refractivity contribution in [2.75, 3.05) is 26.3 Å². The summed E-state index contributed by atoms with van der Waals surface area (Å²) >= 11 is 0. The van der Waals surface area contributed by atoms with Crippen LogP contribution >= 0.6 is 0 Å². The maximum Gasteiger partial charge on any atom is 0.170 e. The molecule has 1 aliphatic rings. The van der Waals surface area contributed by atoms with Gasteiger partial charge in [-0.2, -0.15) is 0 Å². The molecule has 1 heterocycles. The molecule has 0 amide bonds. The largest absolute Gasteiger partial charge is 0.492 e. The SMILES string of the molecule is CC1OCCC1CNCCOc1ccc(/C(N)=N/O)cc1. The van der Waals surface area contributed by atoms with Crippen molar-refractivity contribution in [1.29, 1.82) is 0 Å². The van der Waals surface area contributed by atoms with Crippen LogP contribution in [0.15, 0.2) is 29.4 Å². The van der Waals surface area contributed by atoms with Gasteiger partial charge < -0.3 is 25.7 Å². The average molecular weight is 293 g/mol. The van der Waals surface area contributed by atoms with Crippen LogP contribution in [0.5, 0.6) is 5.75 Å². The van der Waals surface area contributed by atoms with E-state index in [0.717, 1.165) is 31.9 Å². The van der Waals surface area contributed by atoms with Crippen LogP contribution in [0.25, 0.3) is 0 Å². The van der Waals surface area contributed by atoms with Gasteiger partial charge in [0, 0.05) is 25.3 Å². The topological polar surface area (TPSA) is 89.1 Å². The Morgan fingerprint density at radius 2 is 2.24 bits per heavy atom. The maximum absolute atomic E-state index is 8.58. The third-order valence-electron chi connectivity index (χ3n) is 3.75. The molecule has 6 heteroatoms. The van der Waals surface area contributed by atoms with Crippen molar-refractivity contribution in [3.8, 4) is 5.75 Å². The molecule has 0 bridgehead atoms. The quantitative estimate of drug-likeness (QED) is 0.231. The minimum absolute atomic E-state index is 0.0936. The van der Waals surface area contributed by atoms with Crippen LogP contribution in [0.3, 0.4) is 0 Å². The fourth-order valence-electron chi connectivity index (χ4n) is 2.35. The van der Waals surface area contributed by atoms with Crippen LogP contribution in [-0.2, 0) is 4.74 Å². The smallest absolute Gasteiger partial charge is 0.170 e. The molecule has 1 fully saturated rings. The number of benzene rings is 1. The second-order valence-corrected chi connectivity index (χ2v) is 5.19. The zero-order valence-corrected chi connectivity index (χ0v) is 12.3. The molecule has 1 aromatic rings. The fourth-order valence-corrected chi connectivity index (χ4v) is 2.35. The van der Waals surface area contributed by atoms with Gasteiger partial charge in [-0.05, 0) is 43.5 Å². The lowest BCUT2D eigenvalue weighted by Crippen LogP contribution is -2.30. The van der Waals surface area contributed by atoms with Crippen molar-refractivity contribution >= 4 is 5.84 Å². The van der Waals surface area contributed by atoms with Crippen molar-refractivity contribution in [1.82, 2.24) is 5.32 Å². The normalized spacial score (nSPS) is 22.4. The lowest BCUT2D eigenvalue weighted by atomic mass is 10.0. The Balaban J connectivity index is 1.64. The van der Waals surface area contributed by atoms with E-state index in [2.05, 4.69) is 17.4 Å². The van der Waals surface area contributed by atoms with E-state index in [0.29, 0.717) is 24.2 Å². The minimum atomic E-state index is 0.0936. The molecule has 116 valence electrons. The summed E-state index contributed by atoms with van der Waals surface area (Å²) in [4.78, 5) is 0. The zero-order valence-electron chi connectivity index (χ0n) is 12.3. The van der Waals surface area contributed by atoms with Crippen LogP contribution in [0, 0.1) is 5.92 Å². The summed E-state index contributed by atoms with van der Waals surface area (Å²) in [6.07, 6.45) is 1.48. The highest BCUT2D eigenvalue weighted by atomic mass is 16.5. The van der Waals surface area contributed by atoms with Crippen molar-refractivity contribution in [3.63, 3.8) is 0 Å². The number of hydrogen-bond acceptors (Lipinski definition) is 5. The Bertz CT molecular complexity index is 462. The van der Waals surface area contributed by atoms with E-state index >= 15 is 0 Å². The highest BCUT2D eigenvalue weighted by Crippen LogP contribution is 2.19. The molecule has 2 rings (SSSR count). The number of hydrogen-bond donors (Lipinski definition) is 3. The Labute approximate surface area is 124 Å². The van der Waals surface area contributed by atoms with Crippen LogP contribution < -0.4 is 15.8 Å². The standard InChI is InChI=1S/C15H23N3O3/c1-11-13(6-8-20-11)10-17-7-9-21-14-4-2-12(3-5-14)15(16)18-19/h2-5,11,13,17,19H,6-10H2,1H3,(H2,16,18). The summed E-state index contributed by atoms with van der Waals surface area (Å²) in [6, 6.07) is 7.13. The van der Waals surface area contributed by atoms with Gasteiger partial charge in [-0.25, -0.2) is 0 Å². The van der Waals surface area contributed by atoms with Crippen LogP contribution in [0.1, 0.15) is 18.9 Å². The molecule has 1 aromatic carbocycles. The number of nitrogens with zero attached hydrogens (tertiary/aromatic N) is 1. The van der Waals surface area contributed by atoms with E-state index in [4.69, 9.17) is 20.4 Å². The highest BCUT2D eigenvalue weighted by molar-refractivity contribution is 5.97. The second-order valence-electron chi connectivity index (χ2n) is 5.19. The summed E-state index contributed by atoms with van der Waals surface area (Å²) in [7, 11) is 0. The number of oxime groups is 1. The number of ether oxygens (including phenoxy) is 2. The van der Waals surface area contributed by atoms with Gasteiger partial charge in [0.2, 0.25) is 0 Å². The number of nitrogens with two attached hydrogens (primary N) is 1. The highest BCUT2D eigenvalue weighted by Gasteiger charge is 2.23. The molecule has 6 nitrogen and oxygen atoms in total. The second kappa shape index (κ2) is 7.85. The molecule has 0 aromatic heterocycles. The molecule has 0 radical (unpaired) electrons. The lowest BCUT2D eigenvalue weighted by Gasteiger charge is -2.15. The van der Waals surface area contributed by atoms with Gasteiger partial charge in [0.15, 0.2) is 5.84 Å². The Kier molecular flexibility index (Phi) is 5.83. The van der Waals surface area contributed by atoms with Gasteiger partial charge in [0.25, 0.3) is 0 Å². The first-order valence-electron chi connectivity index (χ1n) is 7.24. The molecule has 0 aliphatic carbocycles. The van der Waals surface area contributed by atoms with Gasteiger partial charge in [-0.15, -0.1) is 0 Å². The molecular weight excluding hydrogens is 270 g/mol. The van der Waals surface area contributed by atoms with Crippen molar-refractivity contribution in [3.05, 3.63) is 29.8 Å². The van der Waals surface area contributed by atoms with Crippen molar-refractivity contribution < 1.29 is 14.7 Å². The van der Waals surface area contributed by atoms with E-state index in [-0.39, 0.29) is 5.84 Å². The van der Waals surface area contributed by atoms with E-state index in [9.17, 15) is 0 Å². The molecule has 2 unspecified atom stereocenters. The summed E-state index contributed by atoms with van der Waals surface area (Å²) in [5.74, 6) is 1.46. The van der Waals surface area contributed by atoms with E-state index in [1.165, 1.54) is 0 Å². The molecular formula is C15H23N3O3. The van der Waals surface area contributed by atoms with E-state index < -0.39 is 0 Å². The van der Waals surface area contributed by atoms with Crippen LogP contribution in [0.4, 0.5) is 0 Å². The zero-order chi connectivity index (χ0) is 15.1. The van der Waals surface area contributed by atoms with E-state index in [1.54, 1.807) is 24.3 Å². The molecule has 0 saturated carbocycles. The lowest BCUT2D eigenvalue weighted by molar-refractivity contribution is 0.105. The summed E-state index contributed by atoms with van der Waals surface area (Å²) in [5.41, 5.74) is 6.16. The third-order valence-corrected chi connectivity index (χ3v) is 3.75. The van der Waals surface area contributed by atoms with Gasteiger partial charge in [-0.3, -0.25) is 0 Å². The maximum atomic E-state index is 8.58. The first-order chi connectivity index (χ1) is 10.2. The predicted molar refractivity (Wildman–Crippen MR) is 80.8 cm³/mol. The van der Waals surface area contributed by atoms with Gasteiger partial charge >= 0.3 is 0 Å². The summed E-state index contributed by atoms with van der Waals surface area (Å²) < 4.78 is 11.2. The molecule has 4 N–H and O–H groups in total. The number of amidine groups is 1. The van der Waals surface area contributed by atoms with Gasteiger partial charge in [0.05, 0.1) is 6.10 Å². The van der Waals surface area contributed by atoms with Gasteiger partial charge in [0.1, 0.15) is 12.4 Å². The average Bonchev–Trinajstić information content (AvgIpc) is 2.92. The van der Waals surface area contributed by atoms with Crippen molar-refractivity contribution in [2.45, 2.75) is 19.4 Å². The summed E-state index contributed by atoms with van der Waals surface area (Å²) in [5, 5.41) is 14.9. The fraction of sp³-hybridized carbons (Fsp3) is 0.533. The monoisotopic (exact) mass is 293 g/mol. The molecule has 0 spiro atoms. The number of rotatable bonds is 7.